The molecule has 0 fully saturated rings. The zero-order valence-corrected chi connectivity index (χ0v) is 12.5. The van der Waals surface area contributed by atoms with Crippen LogP contribution in [0.4, 0.5) is 0 Å². The van der Waals surface area contributed by atoms with Crippen molar-refractivity contribution >= 4 is 24.0 Å². The van der Waals surface area contributed by atoms with Gasteiger partial charge in [-0.3, -0.25) is 0 Å². The molecule has 0 aromatic heterocycles. The van der Waals surface area contributed by atoms with Gasteiger partial charge in [0.15, 0.2) is 0 Å². The van der Waals surface area contributed by atoms with Crippen LogP contribution in [0.5, 0.6) is 0 Å². The monoisotopic (exact) mass is 313 g/mol. The highest BCUT2D eigenvalue weighted by atomic mass is 127. The Morgan fingerprint density at radius 1 is 0.857 bits per heavy atom. The third-order valence-electron chi connectivity index (χ3n) is 2.42. The molecule has 0 aliphatic carbocycles. The number of hydrogen-bond donors (Lipinski definition) is 1. The third kappa shape index (κ3) is 15.2. The van der Waals surface area contributed by atoms with E-state index < -0.39 is 0 Å². The lowest BCUT2D eigenvalue weighted by molar-refractivity contribution is 0.441. The van der Waals surface area contributed by atoms with Crippen LogP contribution in [0.1, 0.15) is 72.1 Å². The molecule has 0 saturated heterocycles. The summed E-state index contributed by atoms with van der Waals surface area (Å²) in [5.41, 5.74) is 5.94. The molecule has 1 nitrogen and oxygen atoms in total. The maximum Gasteiger partial charge on any atom is 0.00970 e. The van der Waals surface area contributed by atoms with Crippen LogP contribution >= 0.6 is 24.0 Å². The average Bonchev–Trinajstić information content (AvgIpc) is 2.01. The van der Waals surface area contributed by atoms with Crippen molar-refractivity contribution in [2.45, 2.75) is 77.7 Å². The first-order valence-corrected chi connectivity index (χ1v) is 5.85. The molecular formula is C12H28IN. The second kappa shape index (κ2) is 10.2. The molecule has 0 spiro atoms. The third-order valence-corrected chi connectivity index (χ3v) is 2.42. The molecular weight excluding hydrogens is 285 g/mol. The summed E-state index contributed by atoms with van der Waals surface area (Å²) in [5, 5.41) is 0. The van der Waals surface area contributed by atoms with Gasteiger partial charge in [-0.25, -0.2) is 0 Å². The van der Waals surface area contributed by atoms with E-state index in [1.807, 2.05) is 0 Å². The molecule has 0 amide bonds. The van der Waals surface area contributed by atoms with E-state index in [0.717, 1.165) is 0 Å². The predicted molar refractivity (Wildman–Crippen MR) is 76.3 cm³/mol. The Labute approximate surface area is 107 Å². The first-order valence-electron chi connectivity index (χ1n) is 5.85. The maximum absolute atomic E-state index is 5.90. The molecule has 14 heavy (non-hydrogen) atoms. The molecule has 2 N–H and O–H groups in total. The smallest absolute Gasteiger partial charge is 0.00970 e. The quantitative estimate of drug-likeness (QED) is 0.519. The Balaban J connectivity index is 0. The van der Waals surface area contributed by atoms with Gasteiger partial charge in [0.1, 0.15) is 0 Å². The minimum absolute atomic E-state index is 0. The van der Waals surface area contributed by atoms with Gasteiger partial charge in [-0.2, -0.15) is 0 Å². The lowest BCUT2D eigenvalue weighted by atomic mass is 9.97. The van der Waals surface area contributed by atoms with E-state index in [0.29, 0.717) is 0 Å². The summed E-state index contributed by atoms with van der Waals surface area (Å²) in [6.45, 7) is 6.49. The maximum atomic E-state index is 5.90. The van der Waals surface area contributed by atoms with Crippen molar-refractivity contribution in [1.82, 2.24) is 0 Å². The molecule has 88 valence electrons. The number of hydrogen-bond acceptors (Lipinski definition) is 1. The van der Waals surface area contributed by atoms with Crippen LogP contribution in [0.3, 0.4) is 0 Å². The Hall–Kier alpha value is 0.690. The predicted octanol–water partition coefficient (Wildman–Crippen LogP) is 4.48. The van der Waals surface area contributed by atoms with Crippen molar-refractivity contribution in [3.05, 3.63) is 0 Å². The van der Waals surface area contributed by atoms with Gasteiger partial charge in [0.05, 0.1) is 0 Å². The minimum atomic E-state index is 0. The molecule has 0 bridgehead atoms. The van der Waals surface area contributed by atoms with Crippen LogP contribution in [0.15, 0.2) is 0 Å². The van der Waals surface area contributed by atoms with Crippen LogP contribution in [0.25, 0.3) is 0 Å². The highest BCUT2D eigenvalue weighted by Gasteiger charge is 2.08. The van der Waals surface area contributed by atoms with E-state index in [1.54, 1.807) is 0 Å². The van der Waals surface area contributed by atoms with E-state index in [2.05, 4.69) is 20.8 Å². The number of halogens is 1. The largest absolute Gasteiger partial charge is 0.326 e. The van der Waals surface area contributed by atoms with Gasteiger partial charge < -0.3 is 5.73 Å². The van der Waals surface area contributed by atoms with Gasteiger partial charge >= 0.3 is 0 Å². The molecule has 0 aromatic carbocycles. The van der Waals surface area contributed by atoms with Crippen LogP contribution in [-0.2, 0) is 0 Å². The lowest BCUT2D eigenvalue weighted by Crippen LogP contribution is -2.31. The van der Waals surface area contributed by atoms with Crippen molar-refractivity contribution in [3.63, 3.8) is 0 Å². The molecule has 0 aliphatic heterocycles. The minimum Gasteiger partial charge on any atom is -0.326 e. The van der Waals surface area contributed by atoms with Crippen LogP contribution in [0, 0.1) is 0 Å². The summed E-state index contributed by atoms with van der Waals surface area (Å²) < 4.78 is 0. The van der Waals surface area contributed by atoms with Crippen LogP contribution < -0.4 is 5.73 Å². The van der Waals surface area contributed by atoms with Crippen LogP contribution in [-0.4, -0.2) is 5.54 Å². The highest BCUT2D eigenvalue weighted by molar-refractivity contribution is 14.0. The topological polar surface area (TPSA) is 26.0 Å². The lowest BCUT2D eigenvalue weighted by Gasteiger charge is -2.17. The summed E-state index contributed by atoms with van der Waals surface area (Å²) in [4.78, 5) is 0. The zero-order valence-electron chi connectivity index (χ0n) is 10.1. The first kappa shape index (κ1) is 17.1. The summed E-state index contributed by atoms with van der Waals surface area (Å²) in [7, 11) is 0. The number of nitrogens with two attached hydrogens (primary N) is 1. The Bertz CT molecular complexity index is 107. The second-order valence-corrected chi connectivity index (χ2v) is 4.86. The fourth-order valence-corrected chi connectivity index (χ4v) is 1.54. The zero-order chi connectivity index (χ0) is 10.2. The molecule has 0 atom stereocenters. The Morgan fingerprint density at radius 2 is 1.29 bits per heavy atom. The summed E-state index contributed by atoms with van der Waals surface area (Å²) in [6, 6.07) is 0. The van der Waals surface area contributed by atoms with E-state index in [-0.39, 0.29) is 29.5 Å². The molecule has 0 aromatic rings. The summed E-state index contributed by atoms with van der Waals surface area (Å²) in [5.74, 6) is 0. The van der Waals surface area contributed by atoms with E-state index in [9.17, 15) is 0 Å². The molecule has 0 radical (unpaired) electrons. The van der Waals surface area contributed by atoms with Crippen molar-refractivity contribution in [2.75, 3.05) is 0 Å². The molecule has 0 aliphatic rings. The van der Waals surface area contributed by atoms with Gasteiger partial charge in [0.2, 0.25) is 0 Å². The molecule has 0 heterocycles. The summed E-state index contributed by atoms with van der Waals surface area (Å²) >= 11 is 0. The van der Waals surface area contributed by atoms with Gasteiger partial charge in [0.25, 0.3) is 0 Å². The second-order valence-electron chi connectivity index (χ2n) is 4.86. The van der Waals surface area contributed by atoms with E-state index in [4.69, 9.17) is 5.73 Å². The summed E-state index contributed by atoms with van der Waals surface area (Å²) in [6.07, 6.45) is 10.8. The van der Waals surface area contributed by atoms with Gasteiger partial charge in [-0.15, -0.1) is 24.0 Å². The number of unbranched alkanes of at least 4 members (excludes halogenated alkanes) is 6. The SMILES string of the molecule is CCCCCCCCCC(C)(C)N.I. The Morgan fingerprint density at radius 3 is 1.71 bits per heavy atom. The standard InChI is InChI=1S/C12H27N.HI/c1-4-5-6-7-8-9-10-11-12(2,3)13;/h4-11,13H2,1-3H3;1H. The van der Waals surface area contributed by atoms with Gasteiger partial charge in [-0.1, -0.05) is 51.9 Å². The van der Waals surface area contributed by atoms with E-state index in [1.165, 1.54) is 51.4 Å². The number of rotatable bonds is 8. The van der Waals surface area contributed by atoms with Crippen molar-refractivity contribution in [3.8, 4) is 0 Å². The van der Waals surface area contributed by atoms with E-state index >= 15 is 0 Å². The van der Waals surface area contributed by atoms with Crippen molar-refractivity contribution in [1.29, 1.82) is 0 Å². The molecule has 0 unspecified atom stereocenters. The fraction of sp³-hybridized carbons (Fsp3) is 1.00. The molecule has 2 heteroatoms. The van der Waals surface area contributed by atoms with Crippen molar-refractivity contribution < 1.29 is 0 Å². The van der Waals surface area contributed by atoms with Gasteiger partial charge in [-0.05, 0) is 20.3 Å². The molecule has 0 saturated carbocycles. The first-order chi connectivity index (χ1) is 6.06. The van der Waals surface area contributed by atoms with Crippen LogP contribution in [0.2, 0.25) is 0 Å². The van der Waals surface area contributed by atoms with Crippen molar-refractivity contribution in [2.24, 2.45) is 5.73 Å². The average molecular weight is 313 g/mol. The Kier molecular flexibility index (Phi) is 12.5. The van der Waals surface area contributed by atoms with Gasteiger partial charge in [0, 0.05) is 5.54 Å². The normalized spacial score (nSPS) is 11.1. The molecule has 0 rings (SSSR count). The fourth-order valence-electron chi connectivity index (χ4n) is 1.54. The highest BCUT2D eigenvalue weighted by Crippen LogP contribution is 2.13.